The van der Waals surface area contributed by atoms with E-state index in [9.17, 15) is 4.79 Å². The fourth-order valence-corrected chi connectivity index (χ4v) is 2.79. The van der Waals surface area contributed by atoms with Gasteiger partial charge in [-0.3, -0.25) is 0 Å². The van der Waals surface area contributed by atoms with Crippen molar-refractivity contribution in [3.05, 3.63) is 29.8 Å². The Morgan fingerprint density at radius 3 is 3.00 bits per heavy atom. The molecule has 0 aromatic heterocycles. The van der Waals surface area contributed by atoms with E-state index < -0.39 is 0 Å². The molecule has 5 nitrogen and oxygen atoms in total. The summed E-state index contributed by atoms with van der Waals surface area (Å²) in [5.74, 6) is 1.34. The Morgan fingerprint density at radius 2 is 2.25 bits per heavy atom. The Morgan fingerprint density at radius 1 is 1.42 bits per heavy atom. The maximum absolute atomic E-state index is 12.3. The van der Waals surface area contributed by atoms with Crippen molar-refractivity contribution in [2.75, 3.05) is 26.3 Å². The number of nitrogens with zero attached hydrogens (tertiary/aromatic N) is 1. The Labute approximate surface area is 145 Å². The van der Waals surface area contributed by atoms with Gasteiger partial charge in [0.1, 0.15) is 5.75 Å². The van der Waals surface area contributed by atoms with Gasteiger partial charge in [-0.05, 0) is 43.4 Å². The highest BCUT2D eigenvalue weighted by Gasteiger charge is 2.23. The van der Waals surface area contributed by atoms with Crippen molar-refractivity contribution >= 4 is 6.03 Å². The molecule has 24 heavy (non-hydrogen) atoms. The average molecular weight is 334 g/mol. The van der Waals surface area contributed by atoms with Gasteiger partial charge in [-0.1, -0.05) is 26.0 Å². The van der Waals surface area contributed by atoms with E-state index in [0.29, 0.717) is 32.2 Å². The summed E-state index contributed by atoms with van der Waals surface area (Å²) >= 11 is 0. The van der Waals surface area contributed by atoms with E-state index in [4.69, 9.17) is 9.47 Å². The lowest BCUT2D eigenvalue weighted by Gasteiger charge is -2.32. The van der Waals surface area contributed by atoms with E-state index >= 15 is 0 Å². The Bertz CT molecular complexity index is 517. The van der Waals surface area contributed by atoms with E-state index in [1.807, 2.05) is 36.1 Å². The molecular formula is C19H30N2O3. The molecule has 1 atom stereocenters. The van der Waals surface area contributed by atoms with Gasteiger partial charge in [0.2, 0.25) is 0 Å². The van der Waals surface area contributed by atoms with Crippen LogP contribution in [0.5, 0.6) is 5.75 Å². The summed E-state index contributed by atoms with van der Waals surface area (Å²) < 4.78 is 11.4. The molecule has 0 saturated carbocycles. The van der Waals surface area contributed by atoms with Gasteiger partial charge < -0.3 is 19.7 Å². The van der Waals surface area contributed by atoms with Gasteiger partial charge in [-0.25, -0.2) is 4.79 Å². The lowest BCUT2D eigenvalue weighted by molar-refractivity contribution is 0.0164. The van der Waals surface area contributed by atoms with Crippen LogP contribution in [-0.2, 0) is 11.3 Å². The van der Waals surface area contributed by atoms with Crippen LogP contribution in [-0.4, -0.2) is 43.3 Å². The first-order valence-corrected chi connectivity index (χ1v) is 8.94. The van der Waals surface area contributed by atoms with Crippen LogP contribution in [0.1, 0.15) is 39.2 Å². The molecule has 1 aromatic rings. The molecule has 1 aliphatic rings. The smallest absolute Gasteiger partial charge is 0.317 e. The topological polar surface area (TPSA) is 50.8 Å². The highest BCUT2D eigenvalue weighted by Crippen LogP contribution is 2.15. The third-order valence-corrected chi connectivity index (χ3v) is 3.99. The van der Waals surface area contributed by atoms with E-state index in [0.717, 1.165) is 30.7 Å². The quantitative estimate of drug-likeness (QED) is 0.831. The second kappa shape index (κ2) is 9.52. The molecule has 2 rings (SSSR count). The van der Waals surface area contributed by atoms with Gasteiger partial charge in [-0.15, -0.1) is 0 Å². The molecule has 1 heterocycles. The number of hydrogen-bond acceptors (Lipinski definition) is 3. The molecule has 5 heteroatoms. The average Bonchev–Trinajstić information content (AvgIpc) is 2.59. The molecule has 0 radical (unpaired) electrons. The normalized spacial score (nSPS) is 17.8. The number of likely N-dealkylation sites (tertiary alicyclic amines) is 1. The number of piperidine rings is 1. The van der Waals surface area contributed by atoms with Gasteiger partial charge in [0.15, 0.2) is 0 Å². The van der Waals surface area contributed by atoms with Crippen LogP contribution in [0.15, 0.2) is 24.3 Å². The van der Waals surface area contributed by atoms with Gasteiger partial charge in [0.25, 0.3) is 0 Å². The van der Waals surface area contributed by atoms with E-state index in [2.05, 4.69) is 19.2 Å². The molecule has 1 aromatic carbocycles. The van der Waals surface area contributed by atoms with Crippen LogP contribution < -0.4 is 10.1 Å². The lowest BCUT2D eigenvalue weighted by Crippen LogP contribution is -2.47. The molecule has 134 valence electrons. The largest absolute Gasteiger partial charge is 0.493 e. The predicted octanol–water partition coefficient (Wildman–Crippen LogP) is 3.43. The van der Waals surface area contributed by atoms with Crippen molar-refractivity contribution < 1.29 is 14.3 Å². The summed E-state index contributed by atoms with van der Waals surface area (Å²) in [5.41, 5.74) is 1.04. The first kappa shape index (κ1) is 18.6. The summed E-state index contributed by atoms with van der Waals surface area (Å²) in [5, 5.41) is 3.00. The van der Waals surface area contributed by atoms with Crippen LogP contribution in [0.4, 0.5) is 4.79 Å². The molecule has 0 aliphatic carbocycles. The third-order valence-electron chi connectivity index (χ3n) is 3.99. The number of benzene rings is 1. The Kier molecular flexibility index (Phi) is 7.37. The zero-order valence-corrected chi connectivity index (χ0v) is 15.1. The van der Waals surface area contributed by atoms with Crippen LogP contribution in [0.2, 0.25) is 0 Å². The van der Waals surface area contributed by atoms with Crippen molar-refractivity contribution in [1.29, 1.82) is 0 Å². The number of amides is 2. The highest BCUT2D eigenvalue weighted by molar-refractivity contribution is 5.74. The summed E-state index contributed by atoms with van der Waals surface area (Å²) in [6.45, 7) is 9.62. The fourth-order valence-electron chi connectivity index (χ4n) is 2.79. The summed E-state index contributed by atoms with van der Waals surface area (Å²) in [7, 11) is 0. The minimum absolute atomic E-state index is 0.0205. The predicted molar refractivity (Wildman–Crippen MR) is 95.2 cm³/mol. The van der Waals surface area contributed by atoms with Gasteiger partial charge >= 0.3 is 6.03 Å². The SMILES string of the molecule is CCOC1CCCN(C(=O)NCc2cccc(OCC(C)C)c2)C1. The third kappa shape index (κ3) is 6.04. The molecule has 1 fully saturated rings. The molecule has 2 amide bonds. The number of nitrogens with one attached hydrogen (secondary N) is 1. The maximum Gasteiger partial charge on any atom is 0.317 e. The molecule has 1 N–H and O–H groups in total. The second-order valence-corrected chi connectivity index (χ2v) is 6.68. The summed E-state index contributed by atoms with van der Waals surface area (Å²) in [4.78, 5) is 14.2. The van der Waals surface area contributed by atoms with Gasteiger partial charge in [-0.2, -0.15) is 0 Å². The Hall–Kier alpha value is -1.75. The Balaban J connectivity index is 1.81. The number of carbonyl (C=O) groups is 1. The van der Waals surface area contributed by atoms with Gasteiger partial charge in [0, 0.05) is 26.2 Å². The summed E-state index contributed by atoms with van der Waals surface area (Å²) in [6, 6.07) is 7.88. The lowest BCUT2D eigenvalue weighted by atomic mass is 10.1. The number of hydrogen-bond donors (Lipinski definition) is 1. The second-order valence-electron chi connectivity index (χ2n) is 6.68. The van der Waals surface area contributed by atoms with Crippen LogP contribution >= 0.6 is 0 Å². The molecule has 0 bridgehead atoms. The van der Waals surface area contributed by atoms with E-state index in [-0.39, 0.29) is 12.1 Å². The minimum atomic E-state index is -0.0205. The number of rotatable bonds is 7. The van der Waals surface area contributed by atoms with Crippen molar-refractivity contribution in [3.8, 4) is 5.75 Å². The molecule has 1 saturated heterocycles. The first-order chi connectivity index (χ1) is 11.6. The number of urea groups is 1. The van der Waals surface area contributed by atoms with E-state index in [1.54, 1.807) is 0 Å². The highest BCUT2D eigenvalue weighted by atomic mass is 16.5. The minimum Gasteiger partial charge on any atom is -0.493 e. The van der Waals surface area contributed by atoms with Crippen molar-refractivity contribution in [2.24, 2.45) is 5.92 Å². The van der Waals surface area contributed by atoms with Crippen LogP contribution in [0.25, 0.3) is 0 Å². The standard InChI is InChI=1S/C19H30N2O3/c1-4-23-18-9-6-10-21(13-18)19(22)20-12-16-7-5-8-17(11-16)24-14-15(2)3/h5,7-8,11,15,18H,4,6,9-10,12-14H2,1-3H3,(H,20,22). The molecule has 1 aliphatic heterocycles. The van der Waals surface area contributed by atoms with Crippen molar-refractivity contribution in [2.45, 2.75) is 46.3 Å². The van der Waals surface area contributed by atoms with Gasteiger partial charge in [0.05, 0.1) is 12.7 Å². The van der Waals surface area contributed by atoms with Crippen molar-refractivity contribution in [3.63, 3.8) is 0 Å². The number of carbonyl (C=O) groups excluding carboxylic acids is 1. The zero-order valence-electron chi connectivity index (χ0n) is 15.1. The zero-order chi connectivity index (χ0) is 17.4. The molecular weight excluding hydrogens is 304 g/mol. The summed E-state index contributed by atoms with van der Waals surface area (Å²) in [6.07, 6.45) is 2.20. The first-order valence-electron chi connectivity index (χ1n) is 8.94. The van der Waals surface area contributed by atoms with E-state index in [1.165, 1.54) is 0 Å². The van der Waals surface area contributed by atoms with Crippen molar-refractivity contribution in [1.82, 2.24) is 10.2 Å². The van der Waals surface area contributed by atoms with Crippen LogP contribution in [0.3, 0.4) is 0 Å². The molecule has 1 unspecified atom stereocenters. The number of ether oxygens (including phenoxy) is 2. The fraction of sp³-hybridized carbons (Fsp3) is 0.632. The molecule has 0 spiro atoms. The van der Waals surface area contributed by atoms with Crippen LogP contribution in [0, 0.1) is 5.92 Å². The maximum atomic E-state index is 12.3. The monoisotopic (exact) mass is 334 g/mol.